The highest BCUT2D eigenvalue weighted by molar-refractivity contribution is 7.98. The number of carbonyl (C=O) groups is 2. The van der Waals surface area contributed by atoms with E-state index in [2.05, 4.69) is 5.32 Å². The van der Waals surface area contributed by atoms with Crippen molar-refractivity contribution in [2.45, 2.75) is 19.0 Å². The number of amides is 2. The summed E-state index contributed by atoms with van der Waals surface area (Å²) in [4.78, 5) is 25.5. The second-order valence-electron chi connectivity index (χ2n) is 4.06. The first-order valence-corrected chi connectivity index (χ1v) is 8.07. The van der Waals surface area contributed by atoms with Gasteiger partial charge < -0.3 is 15.3 Å². The summed E-state index contributed by atoms with van der Waals surface area (Å²) in [6.07, 6.45) is 2.33. The summed E-state index contributed by atoms with van der Waals surface area (Å²) in [5, 5.41) is 13.5. The van der Waals surface area contributed by atoms with Gasteiger partial charge in [-0.3, -0.25) is 0 Å². The number of hydrogen-bond donors (Lipinski definition) is 2. The normalized spacial score (nSPS) is 11.9. The Morgan fingerprint density at radius 3 is 2.84 bits per heavy atom. The van der Waals surface area contributed by atoms with Crippen molar-refractivity contribution in [2.75, 3.05) is 19.1 Å². The fraction of sp³-hybridized carbons (Fsp3) is 0.500. The van der Waals surface area contributed by atoms with Crippen LogP contribution in [0.2, 0.25) is 0 Å². The molecule has 1 aromatic heterocycles. The number of carboxylic acid groups (broad SMARTS) is 1. The first kappa shape index (κ1) is 15.8. The van der Waals surface area contributed by atoms with Gasteiger partial charge >= 0.3 is 12.0 Å². The third-order valence-electron chi connectivity index (χ3n) is 2.53. The van der Waals surface area contributed by atoms with Gasteiger partial charge in [0, 0.05) is 11.9 Å². The van der Waals surface area contributed by atoms with E-state index in [1.807, 2.05) is 23.8 Å². The van der Waals surface area contributed by atoms with Crippen molar-refractivity contribution in [1.29, 1.82) is 0 Å². The molecule has 106 valence electrons. The molecule has 0 aliphatic heterocycles. The van der Waals surface area contributed by atoms with Gasteiger partial charge in [0.1, 0.15) is 6.04 Å². The van der Waals surface area contributed by atoms with Crippen LogP contribution in [0.5, 0.6) is 0 Å². The molecular formula is C12H18N2O3S2. The van der Waals surface area contributed by atoms with E-state index in [-0.39, 0.29) is 6.03 Å². The number of nitrogens with zero attached hydrogens (tertiary/aromatic N) is 1. The molecule has 0 aliphatic carbocycles. The standard InChI is InChI=1S/C12H18N2O3S2/c1-14(8-9-4-3-6-19-9)12(17)13-10(11(15)16)5-7-18-2/h3-4,6,10H,5,7-8H2,1-2H3,(H,13,17)(H,15,16). The highest BCUT2D eigenvalue weighted by Gasteiger charge is 2.21. The van der Waals surface area contributed by atoms with Crippen molar-refractivity contribution in [3.8, 4) is 0 Å². The van der Waals surface area contributed by atoms with Crippen LogP contribution in [0.4, 0.5) is 4.79 Å². The maximum absolute atomic E-state index is 11.9. The zero-order chi connectivity index (χ0) is 14.3. The lowest BCUT2D eigenvalue weighted by Gasteiger charge is -2.20. The third-order valence-corrected chi connectivity index (χ3v) is 4.03. The monoisotopic (exact) mass is 302 g/mol. The Morgan fingerprint density at radius 1 is 1.58 bits per heavy atom. The lowest BCUT2D eigenvalue weighted by molar-refractivity contribution is -0.139. The zero-order valence-electron chi connectivity index (χ0n) is 11.0. The second kappa shape index (κ2) is 8.06. The molecule has 1 atom stereocenters. The molecule has 0 saturated heterocycles. The molecule has 7 heteroatoms. The molecule has 0 radical (unpaired) electrons. The Labute approximate surface area is 121 Å². The van der Waals surface area contributed by atoms with Crippen molar-refractivity contribution in [2.24, 2.45) is 0 Å². The van der Waals surface area contributed by atoms with Crippen molar-refractivity contribution in [3.63, 3.8) is 0 Å². The van der Waals surface area contributed by atoms with E-state index in [4.69, 9.17) is 5.11 Å². The number of rotatable bonds is 7. The van der Waals surface area contributed by atoms with E-state index in [1.165, 1.54) is 4.90 Å². The molecule has 0 saturated carbocycles. The molecule has 0 bridgehead atoms. The highest BCUT2D eigenvalue weighted by Crippen LogP contribution is 2.11. The number of thiophene rings is 1. The number of thioether (sulfide) groups is 1. The van der Waals surface area contributed by atoms with E-state index < -0.39 is 12.0 Å². The van der Waals surface area contributed by atoms with Gasteiger partial charge in [0.15, 0.2) is 0 Å². The Bertz CT molecular complexity index is 409. The minimum Gasteiger partial charge on any atom is -0.480 e. The van der Waals surface area contributed by atoms with Gasteiger partial charge in [-0.2, -0.15) is 11.8 Å². The van der Waals surface area contributed by atoms with E-state index in [9.17, 15) is 9.59 Å². The molecule has 1 heterocycles. The van der Waals surface area contributed by atoms with Gasteiger partial charge in [0.05, 0.1) is 6.54 Å². The van der Waals surface area contributed by atoms with E-state index in [1.54, 1.807) is 30.1 Å². The number of urea groups is 1. The topological polar surface area (TPSA) is 69.6 Å². The van der Waals surface area contributed by atoms with Crippen LogP contribution in [0.1, 0.15) is 11.3 Å². The summed E-state index contributed by atoms with van der Waals surface area (Å²) in [5.74, 6) is -0.293. The van der Waals surface area contributed by atoms with Crippen LogP contribution in [0.25, 0.3) is 0 Å². The lowest BCUT2D eigenvalue weighted by Crippen LogP contribution is -2.46. The lowest BCUT2D eigenvalue weighted by atomic mass is 10.2. The van der Waals surface area contributed by atoms with Crippen LogP contribution < -0.4 is 5.32 Å². The molecule has 1 rings (SSSR count). The van der Waals surface area contributed by atoms with Crippen LogP contribution >= 0.6 is 23.1 Å². The molecule has 0 spiro atoms. The number of nitrogens with one attached hydrogen (secondary N) is 1. The Hall–Kier alpha value is -1.21. The van der Waals surface area contributed by atoms with Gasteiger partial charge in [-0.25, -0.2) is 9.59 Å². The largest absolute Gasteiger partial charge is 0.480 e. The smallest absolute Gasteiger partial charge is 0.326 e. The van der Waals surface area contributed by atoms with E-state index >= 15 is 0 Å². The van der Waals surface area contributed by atoms with Crippen molar-refractivity contribution in [3.05, 3.63) is 22.4 Å². The summed E-state index contributed by atoms with van der Waals surface area (Å²) < 4.78 is 0. The Morgan fingerprint density at radius 2 is 2.32 bits per heavy atom. The average molecular weight is 302 g/mol. The molecule has 0 aliphatic rings. The Balaban J connectivity index is 2.48. The molecule has 2 amide bonds. The van der Waals surface area contributed by atoms with Gasteiger partial charge in [0.25, 0.3) is 0 Å². The third kappa shape index (κ3) is 5.52. The minimum absolute atomic E-state index is 0.359. The molecule has 1 aromatic rings. The van der Waals surface area contributed by atoms with Crippen LogP contribution in [0.3, 0.4) is 0 Å². The van der Waals surface area contributed by atoms with Crippen LogP contribution in [0, 0.1) is 0 Å². The maximum Gasteiger partial charge on any atom is 0.326 e. The summed E-state index contributed by atoms with van der Waals surface area (Å²) in [6.45, 7) is 0.484. The Kier molecular flexibility index (Phi) is 6.72. The van der Waals surface area contributed by atoms with Crippen molar-refractivity contribution >= 4 is 35.1 Å². The second-order valence-corrected chi connectivity index (χ2v) is 6.08. The van der Waals surface area contributed by atoms with Gasteiger partial charge in [-0.05, 0) is 29.9 Å². The van der Waals surface area contributed by atoms with Crippen LogP contribution in [0.15, 0.2) is 17.5 Å². The SMILES string of the molecule is CSCCC(NC(=O)N(C)Cc1cccs1)C(=O)O. The predicted molar refractivity (Wildman–Crippen MR) is 78.7 cm³/mol. The van der Waals surface area contributed by atoms with Gasteiger partial charge in [-0.1, -0.05) is 6.07 Å². The van der Waals surface area contributed by atoms with Crippen LogP contribution in [-0.4, -0.2) is 47.1 Å². The van der Waals surface area contributed by atoms with Crippen LogP contribution in [-0.2, 0) is 11.3 Å². The minimum atomic E-state index is -0.994. The van der Waals surface area contributed by atoms with Crippen molar-refractivity contribution in [1.82, 2.24) is 10.2 Å². The summed E-state index contributed by atoms with van der Waals surface area (Å²) in [5.41, 5.74) is 0. The van der Waals surface area contributed by atoms with Gasteiger partial charge in [-0.15, -0.1) is 11.3 Å². The van der Waals surface area contributed by atoms with E-state index in [0.29, 0.717) is 18.7 Å². The predicted octanol–water partition coefficient (Wildman–Crippen LogP) is 2.10. The molecule has 0 aromatic carbocycles. The summed E-state index contributed by atoms with van der Waals surface area (Å²) in [6, 6.07) is 2.67. The number of hydrogen-bond acceptors (Lipinski definition) is 4. The maximum atomic E-state index is 11.9. The fourth-order valence-electron chi connectivity index (χ4n) is 1.46. The summed E-state index contributed by atoms with van der Waals surface area (Å²) in [7, 11) is 1.66. The number of carbonyl (C=O) groups excluding carboxylic acids is 1. The molecule has 0 fully saturated rings. The van der Waals surface area contributed by atoms with Gasteiger partial charge in [0.2, 0.25) is 0 Å². The zero-order valence-corrected chi connectivity index (χ0v) is 12.6. The first-order chi connectivity index (χ1) is 9.04. The fourth-order valence-corrected chi connectivity index (χ4v) is 2.69. The van der Waals surface area contributed by atoms with E-state index in [0.717, 1.165) is 4.88 Å². The molecule has 2 N–H and O–H groups in total. The first-order valence-electron chi connectivity index (χ1n) is 5.80. The van der Waals surface area contributed by atoms with Crippen molar-refractivity contribution < 1.29 is 14.7 Å². The average Bonchev–Trinajstić information content (AvgIpc) is 2.86. The molecular weight excluding hydrogens is 284 g/mol. The quantitative estimate of drug-likeness (QED) is 0.809. The number of aliphatic carboxylic acids is 1. The molecule has 5 nitrogen and oxygen atoms in total. The highest BCUT2D eigenvalue weighted by atomic mass is 32.2. The number of carboxylic acids is 1. The summed E-state index contributed by atoms with van der Waals surface area (Å²) >= 11 is 3.13. The molecule has 1 unspecified atom stereocenters. The molecule has 19 heavy (non-hydrogen) atoms.